The van der Waals surface area contributed by atoms with E-state index in [0.29, 0.717) is 34.0 Å². The highest BCUT2D eigenvalue weighted by atomic mass is 19.1. The molecule has 184 valence electrons. The van der Waals surface area contributed by atoms with Gasteiger partial charge in [-0.15, -0.1) is 0 Å². The molecule has 0 bridgehead atoms. The van der Waals surface area contributed by atoms with E-state index in [9.17, 15) is 18.8 Å². The zero-order valence-corrected chi connectivity index (χ0v) is 19.5. The summed E-state index contributed by atoms with van der Waals surface area (Å²) in [4.78, 5) is 38.7. The van der Waals surface area contributed by atoms with E-state index in [1.807, 2.05) is 0 Å². The molecule has 3 heterocycles. The second kappa shape index (κ2) is 9.17. The first-order valence-electron chi connectivity index (χ1n) is 11.1. The molecule has 1 aliphatic rings. The van der Waals surface area contributed by atoms with Gasteiger partial charge >= 0.3 is 0 Å². The first-order chi connectivity index (χ1) is 17.3. The van der Waals surface area contributed by atoms with Crippen molar-refractivity contribution < 1.29 is 23.5 Å². The lowest BCUT2D eigenvalue weighted by Crippen LogP contribution is -2.30. The van der Waals surface area contributed by atoms with Gasteiger partial charge in [0, 0.05) is 24.0 Å². The van der Waals surface area contributed by atoms with Crippen LogP contribution >= 0.6 is 0 Å². The molecule has 0 saturated carbocycles. The Kier molecular flexibility index (Phi) is 5.88. The Labute approximate surface area is 204 Å². The van der Waals surface area contributed by atoms with E-state index in [0.717, 1.165) is 10.2 Å². The van der Waals surface area contributed by atoms with Gasteiger partial charge in [0.15, 0.2) is 11.5 Å². The van der Waals surface area contributed by atoms with Gasteiger partial charge in [-0.1, -0.05) is 12.1 Å². The standard InChI is InChI=1S/C25H22FN5O5/c1-14-22(24(33)27-10-16-3-5-17(26)6-4-16)15(2)30-12-28-31(25(34)23(14)30)11-21(32)29-18-7-8-19-20(9-18)36-13-35-19/h3-9,12H,10-11,13H2,1-2H3,(H,27,33)(H,29,32). The van der Waals surface area contributed by atoms with Crippen LogP contribution in [0, 0.1) is 19.7 Å². The van der Waals surface area contributed by atoms with Gasteiger partial charge in [0.25, 0.3) is 11.5 Å². The molecule has 5 rings (SSSR count). The van der Waals surface area contributed by atoms with Crippen LogP contribution in [0.1, 0.15) is 27.2 Å². The molecule has 4 aromatic rings. The number of amides is 2. The van der Waals surface area contributed by atoms with Crippen molar-refractivity contribution in [3.63, 3.8) is 0 Å². The maximum Gasteiger partial charge on any atom is 0.291 e. The first-order valence-corrected chi connectivity index (χ1v) is 11.1. The zero-order valence-electron chi connectivity index (χ0n) is 19.5. The molecule has 0 radical (unpaired) electrons. The topological polar surface area (TPSA) is 116 Å². The van der Waals surface area contributed by atoms with Crippen molar-refractivity contribution in [2.45, 2.75) is 26.9 Å². The number of anilines is 1. The molecular formula is C25H22FN5O5. The smallest absolute Gasteiger partial charge is 0.291 e. The van der Waals surface area contributed by atoms with E-state index in [4.69, 9.17) is 9.47 Å². The van der Waals surface area contributed by atoms with Crippen molar-refractivity contribution in [3.8, 4) is 11.5 Å². The maximum atomic E-state index is 13.2. The number of aromatic nitrogens is 3. The quantitative estimate of drug-likeness (QED) is 0.428. The Bertz CT molecular complexity index is 1560. The van der Waals surface area contributed by atoms with Crippen LogP contribution in [-0.4, -0.2) is 32.8 Å². The molecule has 0 unspecified atom stereocenters. The van der Waals surface area contributed by atoms with Crippen LogP contribution in [0.4, 0.5) is 10.1 Å². The number of carbonyl (C=O) groups is 2. The van der Waals surface area contributed by atoms with Gasteiger partial charge < -0.3 is 20.1 Å². The highest BCUT2D eigenvalue weighted by Crippen LogP contribution is 2.34. The van der Waals surface area contributed by atoms with Gasteiger partial charge in [-0.3, -0.25) is 18.8 Å². The number of hydrogen-bond donors (Lipinski definition) is 2. The summed E-state index contributed by atoms with van der Waals surface area (Å²) in [6.45, 7) is 3.39. The van der Waals surface area contributed by atoms with Crippen LogP contribution in [0.3, 0.4) is 0 Å². The van der Waals surface area contributed by atoms with Gasteiger partial charge in [-0.2, -0.15) is 5.10 Å². The predicted octanol–water partition coefficient (Wildman–Crippen LogP) is 2.55. The number of nitrogens with zero attached hydrogens (tertiary/aromatic N) is 3. The third-order valence-electron chi connectivity index (χ3n) is 5.98. The Hall–Kier alpha value is -4.67. The van der Waals surface area contributed by atoms with Crippen molar-refractivity contribution in [2.24, 2.45) is 0 Å². The summed E-state index contributed by atoms with van der Waals surface area (Å²) in [6.07, 6.45) is 1.41. The van der Waals surface area contributed by atoms with E-state index in [1.165, 1.54) is 22.9 Å². The van der Waals surface area contributed by atoms with E-state index in [1.54, 1.807) is 44.2 Å². The molecule has 0 aliphatic carbocycles. The van der Waals surface area contributed by atoms with Gasteiger partial charge in [0.2, 0.25) is 12.7 Å². The Balaban J connectivity index is 1.35. The summed E-state index contributed by atoms with van der Waals surface area (Å²) in [5, 5.41) is 9.63. The number of ether oxygens (including phenoxy) is 2. The molecule has 0 spiro atoms. The van der Waals surface area contributed by atoms with Crippen LogP contribution in [0.25, 0.3) is 5.52 Å². The lowest BCUT2D eigenvalue weighted by atomic mass is 10.1. The number of aryl methyl sites for hydroxylation is 2. The number of halogens is 1. The molecule has 0 fully saturated rings. The normalized spacial score (nSPS) is 12.1. The molecule has 2 N–H and O–H groups in total. The van der Waals surface area contributed by atoms with E-state index >= 15 is 0 Å². The number of fused-ring (bicyclic) bond motifs is 2. The summed E-state index contributed by atoms with van der Waals surface area (Å²) in [5.74, 6) is -0.0682. The minimum absolute atomic E-state index is 0.119. The average molecular weight is 491 g/mol. The Morgan fingerprint density at radius 2 is 1.83 bits per heavy atom. The molecule has 1 aliphatic heterocycles. The molecule has 36 heavy (non-hydrogen) atoms. The third kappa shape index (κ3) is 4.26. The number of nitrogens with one attached hydrogen (secondary N) is 2. The van der Waals surface area contributed by atoms with Crippen molar-refractivity contribution in [1.29, 1.82) is 0 Å². The van der Waals surface area contributed by atoms with E-state index in [-0.39, 0.29) is 37.1 Å². The van der Waals surface area contributed by atoms with Crippen LogP contribution in [0.15, 0.2) is 53.6 Å². The predicted molar refractivity (Wildman–Crippen MR) is 128 cm³/mol. The lowest BCUT2D eigenvalue weighted by Gasteiger charge is -2.08. The molecule has 2 amide bonds. The first kappa shape index (κ1) is 23.1. The van der Waals surface area contributed by atoms with Gasteiger partial charge in [-0.05, 0) is 49.2 Å². The van der Waals surface area contributed by atoms with E-state index < -0.39 is 11.5 Å². The maximum absolute atomic E-state index is 13.2. The molecule has 0 atom stereocenters. The van der Waals surface area contributed by atoms with Crippen LogP contribution in [-0.2, 0) is 17.9 Å². The number of hydrogen-bond acceptors (Lipinski definition) is 6. The molecule has 0 saturated heterocycles. The van der Waals surface area contributed by atoms with Crippen LogP contribution in [0.5, 0.6) is 11.5 Å². The van der Waals surface area contributed by atoms with Crippen molar-refractivity contribution in [3.05, 3.63) is 87.3 Å². The highest BCUT2D eigenvalue weighted by Gasteiger charge is 2.22. The molecule has 10 nitrogen and oxygen atoms in total. The van der Waals surface area contributed by atoms with Crippen molar-refractivity contribution in [1.82, 2.24) is 19.5 Å². The molecule has 11 heteroatoms. The Morgan fingerprint density at radius 3 is 2.61 bits per heavy atom. The second-order valence-electron chi connectivity index (χ2n) is 8.32. The largest absolute Gasteiger partial charge is 0.454 e. The summed E-state index contributed by atoms with van der Waals surface area (Å²) in [7, 11) is 0. The minimum Gasteiger partial charge on any atom is -0.454 e. The third-order valence-corrected chi connectivity index (χ3v) is 5.98. The average Bonchev–Trinajstić information content (AvgIpc) is 3.42. The van der Waals surface area contributed by atoms with Gasteiger partial charge in [0.05, 0.1) is 5.56 Å². The molecule has 2 aromatic heterocycles. The second-order valence-corrected chi connectivity index (χ2v) is 8.32. The molecule has 2 aromatic carbocycles. The van der Waals surface area contributed by atoms with Crippen molar-refractivity contribution >= 4 is 23.0 Å². The summed E-state index contributed by atoms with van der Waals surface area (Å²) >= 11 is 0. The van der Waals surface area contributed by atoms with Crippen LogP contribution < -0.4 is 25.7 Å². The Morgan fingerprint density at radius 1 is 1.08 bits per heavy atom. The zero-order chi connectivity index (χ0) is 25.4. The summed E-state index contributed by atoms with van der Waals surface area (Å²) < 4.78 is 26.3. The SMILES string of the molecule is Cc1c(C(=O)NCc2ccc(F)cc2)c(C)n2cnn(CC(=O)Nc3ccc4c(c3)OCO4)c(=O)c12. The monoisotopic (exact) mass is 491 g/mol. The van der Waals surface area contributed by atoms with E-state index in [2.05, 4.69) is 15.7 Å². The van der Waals surface area contributed by atoms with Gasteiger partial charge in [-0.25, -0.2) is 9.07 Å². The lowest BCUT2D eigenvalue weighted by molar-refractivity contribution is -0.117. The number of benzene rings is 2. The highest BCUT2D eigenvalue weighted by molar-refractivity contribution is 5.99. The van der Waals surface area contributed by atoms with Gasteiger partial charge in [0.1, 0.15) is 24.2 Å². The number of carbonyl (C=O) groups excluding carboxylic acids is 2. The number of rotatable bonds is 6. The fourth-order valence-electron chi connectivity index (χ4n) is 4.19. The fourth-order valence-corrected chi connectivity index (χ4v) is 4.19. The minimum atomic E-state index is -0.503. The summed E-state index contributed by atoms with van der Waals surface area (Å²) in [6, 6.07) is 10.8. The van der Waals surface area contributed by atoms with Crippen LogP contribution in [0.2, 0.25) is 0 Å². The van der Waals surface area contributed by atoms with Crippen molar-refractivity contribution in [2.75, 3.05) is 12.1 Å². The summed E-state index contributed by atoms with van der Waals surface area (Å²) in [5.41, 5.74) is 2.34. The fraction of sp³-hybridized carbons (Fsp3) is 0.200. The molecular weight excluding hydrogens is 469 g/mol.